The normalized spacial score (nSPS) is 22.9. The Bertz CT molecular complexity index is 774. The molecular weight excluding hydrogens is 347 g/mol. The number of hydrogen-bond donors (Lipinski definition) is 2. The van der Waals surface area contributed by atoms with Crippen molar-refractivity contribution in [3.05, 3.63) is 50.9 Å². The first-order valence-electron chi connectivity index (χ1n) is 8.27. The van der Waals surface area contributed by atoms with Crippen LogP contribution in [0.2, 0.25) is 5.02 Å². The minimum atomic E-state index is -0.458. The van der Waals surface area contributed by atoms with Crippen molar-refractivity contribution in [3.8, 4) is 0 Å². The van der Waals surface area contributed by atoms with Crippen LogP contribution >= 0.6 is 22.9 Å². The minimum Gasteiger partial charge on any atom is -0.320 e. The summed E-state index contributed by atoms with van der Waals surface area (Å²) in [4.78, 5) is 15.2. The fraction of sp³-hybridized carbons (Fsp3) is 0.389. The van der Waals surface area contributed by atoms with Crippen molar-refractivity contribution in [2.75, 3.05) is 18.4 Å². The highest BCUT2D eigenvalue weighted by Crippen LogP contribution is 2.42. The van der Waals surface area contributed by atoms with E-state index in [0.717, 1.165) is 13.0 Å². The van der Waals surface area contributed by atoms with E-state index in [2.05, 4.69) is 16.8 Å². The quantitative estimate of drug-likeness (QED) is 0.857. The Labute approximate surface area is 149 Å². The van der Waals surface area contributed by atoms with Gasteiger partial charge in [0, 0.05) is 27.8 Å². The lowest BCUT2D eigenvalue weighted by molar-refractivity contribution is -0.928. The number of carbonyl (C=O) groups is 1. The summed E-state index contributed by atoms with van der Waals surface area (Å²) >= 11 is 7.71. The van der Waals surface area contributed by atoms with Crippen LogP contribution in [0.3, 0.4) is 0 Å². The van der Waals surface area contributed by atoms with Crippen LogP contribution in [-0.2, 0) is 11.2 Å². The van der Waals surface area contributed by atoms with Crippen LogP contribution < -0.4 is 10.2 Å². The number of anilines is 1. The molecule has 2 N–H and O–H groups in total. The Hall–Kier alpha value is -1.43. The summed E-state index contributed by atoms with van der Waals surface area (Å²) in [5.41, 5.74) is 1.58. The highest BCUT2D eigenvalue weighted by molar-refractivity contribution is 7.10. The van der Waals surface area contributed by atoms with Gasteiger partial charge in [-0.25, -0.2) is 4.39 Å². The highest BCUT2D eigenvalue weighted by Gasteiger charge is 2.43. The van der Waals surface area contributed by atoms with Crippen molar-refractivity contribution in [2.45, 2.75) is 25.3 Å². The van der Waals surface area contributed by atoms with Crippen molar-refractivity contribution < 1.29 is 14.1 Å². The number of quaternary nitrogens is 1. The van der Waals surface area contributed by atoms with Crippen molar-refractivity contribution in [3.63, 3.8) is 0 Å². The topological polar surface area (TPSA) is 33.5 Å². The molecule has 3 nitrogen and oxygen atoms in total. The van der Waals surface area contributed by atoms with Crippen LogP contribution in [0.5, 0.6) is 0 Å². The van der Waals surface area contributed by atoms with E-state index in [4.69, 9.17) is 11.6 Å². The van der Waals surface area contributed by atoms with Crippen LogP contribution in [0, 0.1) is 11.7 Å². The molecule has 6 heteroatoms. The molecule has 0 spiro atoms. The maximum atomic E-state index is 13.8. The number of hydrogen-bond acceptors (Lipinski definition) is 2. The molecule has 1 saturated carbocycles. The monoisotopic (exact) mass is 365 g/mol. The van der Waals surface area contributed by atoms with Crippen LogP contribution in [0.4, 0.5) is 10.1 Å². The first-order chi connectivity index (χ1) is 11.6. The molecule has 2 aromatic rings. The van der Waals surface area contributed by atoms with Gasteiger partial charge in [-0.05, 0) is 42.5 Å². The number of rotatable bonds is 4. The van der Waals surface area contributed by atoms with E-state index in [1.54, 1.807) is 0 Å². The van der Waals surface area contributed by atoms with Crippen molar-refractivity contribution in [2.24, 2.45) is 5.92 Å². The fourth-order valence-corrected chi connectivity index (χ4v) is 4.79. The molecule has 126 valence electrons. The van der Waals surface area contributed by atoms with Crippen LogP contribution in [0.1, 0.15) is 29.3 Å². The van der Waals surface area contributed by atoms with Gasteiger partial charge in [0.15, 0.2) is 6.54 Å². The van der Waals surface area contributed by atoms with Crippen molar-refractivity contribution in [1.82, 2.24) is 0 Å². The molecule has 1 aliphatic carbocycles. The molecule has 1 amide bonds. The Balaban J connectivity index is 1.48. The van der Waals surface area contributed by atoms with Gasteiger partial charge in [-0.2, -0.15) is 0 Å². The highest BCUT2D eigenvalue weighted by atomic mass is 35.5. The smallest absolute Gasteiger partial charge is 0.279 e. The predicted molar refractivity (Wildman–Crippen MR) is 94.2 cm³/mol. The zero-order valence-electron chi connectivity index (χ0n) is 13.1. The van der Waals surface area contributed by atoms with Gasteiger partial charge in [-0.3, -0.25) is 4.79 Å². The zero-order valence-corrected chi connectivity index (χ0v) is 14.7. The molecule has 0 saturated heterocycles. The molecule has 2 atom stereocenters. The molecule has 24 heavy (non-hydrogen) atoms. The fourth-order valence-electron chi connectivity index (χ4n) is 3.69. The van der Waals surface area contributed by atoms with E-state index in [9.17, 15) is 9.18 Å². The van der Waals surface area contributed by atoms with Gasteiger partial charge in [0.25, 0.3) is 5.91 Å². The summed E-state index contributed by atoms with van der Waals surface area (Å²) in [5, 5.41) is 5.25. The van der Waals surface area contributed by atoms with Crippen molar-refractivity contribution in [1.29, 1.82) is 0 Å². The first-order valence-corrected chi connectivity index (χ1v) is 9.53. The van der Waals surface area contributed by atoms with E-state index in [1.165, 1.54) is 46.4 Å². The third-order valence-corrected chi connectivity index (χ3v) is 6.14. The molecule has 2 aliphatic rings. The van der Waals surface area contributed by atoms with E-state index in [1.807, 2.05) is 11.3 Å². The van der Waals surface area contributed by atoms with Crippen LogP contribution in [0.15, 0.2) is 29.6 Å². The molecular formula is C18H19ClFN2OS+. The van der Waals surface area contributed by atoms with Crippen LogP contribution in [0.25, 0.3) is 0 Å². The van der Waals surface area contributed by atoms with Gasteiger partial charge in [0.05, 0.1) is 12.2 Å². The largest absolute Gasteiger partial charge is 0.320 e. The summed E-state index contributed by atoms with van der Waals surface area (Å²) in [6.07, 6.45) is 3.51. The Morgan fingerprint density at radius 3 is 3.00 bits per heavy atom. The summed E-state index contributed by atoms with van der Waals surface area (Å²) in [6, 6.07) is 6.83. The lowest BCUT2D eigenvalue weighted by Crippen LogP contribution is -3.14. The number of carbonyl (C=O) groups excluding carboxylic acids is 1. The second kappa shape index (κ2) is 6.47. The standard InChI is InChI=1S/C18H18ClFN2OS/c19-12-3-4-14(20)15(9-12)21-17(23)10-22-7-5-16-13(6-8-24-16)18(22)11-1-2-11/h3-4,6,8-9,11,18H,1-2,5,7,10H2,(H,21,23)/p+1/t18-/m1/s1. The predicted octanol–water partition coefficient (Wildman–Crippen LogP) is 3.07. The molecule has 1 aromatic heterocycles. The average Bonchev–Trinajstić information content (AvgIpc) is 3.27. The number of nitrogens with one attached hydrogen (secondary N) is 2. The first kappa shape index (κ1) is 16.1. The van der Waals surface area contributed by atoms with Gasteiger partial charge in [-0.15, -0.1) is 11.3 Å². The lowest BCUT2D eigenvalue weighted by atomic mass is 9.96. The maximum absolute atomic E-state index is 13.8. The summed E-state index contributed by atoms with van der Waals surface area (Å²) in [5.74, 6) is 0.0695. The molecule has 1 fully saturated rings. The molecule has 4 rings (SSSR count). The lowest BCUT2D eigenvalue weighted by Gasteiger charge is -2.32. The number of amides is 1. The van der Waals surface area contributed by atoms with Gasteiger partial charge in [-0.1, -0.05) is 11.6 Å². The number of thiophene rings is 1. The molecule has 1 unspecified atom stereocenters. The Morgan fingerprint density at radius 2 is 2.21 bits per heavy atom. The Morgan fingerprint density at radius 1 is 1.38 bits per heavy atom. The molecule has 0 bridgehead atoms. The van der Waals surface area contributed by atoms with Gasteiger partial charge in [0.1, 0.15) is 11.9 Å². The van der Waals surface area contributed by atoms with Crippen LogP contribution in [-0.4, -0.2) is 19.0 Å². The molecule has 0 radical (unpaired) electrons. The van der Waals surface area contributed by atoms with Crippen molar-refractivity contribution >= 4 is 34.5 Å². The summed E-state index contributed by atoms with van der Waals surface area (Å²) in [7, 11) is 0. The number of halogens is 2. The SMILES string of the molecule is O=C(C[NH+]1CCc2sccc2[C@H]1C1CC1)Nc1cc(Cl)ccc1F. The molecule has 1 aliphatic heterocycles. The minimum absolute atomic E-state index is 0.156. The van der Waals surface area contributed by atoms with E-state index < -0.39 is 5.82 Å². The van der Waals surface area contributed by atoms with Gasteiger partial charge < -0.3 is 10.2 Å². The Kier molecular flexibility index (Phi) is 4.33. The third kappa shape index (κ3) is 3.21. The van der Waals surface area contributed by atoms with E-state index in [0.29, 0.717) is 23.5 Å². The second-order valence-electron chi connectivity index (χ2n) is 6.62. The third-order valence-electron chi connectivity index (χ3n) is 4.91. The summed E-state index contributed by atoms with van der Waals surface area (Å²) < 4.78 is 13.8. The number of benzene rings is 1. The number of fused-ring (bicyclic) bond motifs is 1. The molecule has 1 aromatic carbocycles. The molecule has 2 heterocycles. The van der Waals surface area contributed by atoms with Gasteiger partial charge >= 0.3 is 0 Å². The zero-order chi connectivity index (χ0) is 16.7. The average molecular weight is 366 g/mol. The van der Waals surface area contributed by atoms with E-state index in [-0.39, 0.29) is 11.6 Å². The maximum Gasteiger partial charge on any atom is 0.279 e. The van der Waals surface area contributed by atoms with Gasteiger partial charge in [0.2, 0.25) is 0 Å². The summed E-state index contributed by atoms with van der Waals surface area (Å²) in [6.45, 7) is 1.32. The second-order valence-corrected chi connectivity index (χ2v) is 8.06. The van der Waals surface area contributed by atoms with E-state index >= 15 is 0 Å².